The van der Waals surface area contributed by atoms with E-state index >= 15 is 0 Å². The molecule has 5 rings (SSSR count). The highest BCUT2D eigenvalue weighted by Gasteiger charge is 2.35. The Morgan fingerprint density at radius 1 is 0.778 bits per heavy atom. The van der Waals surface area contributed by atoms with Crippen LogP contribution in [0.25, 0.3) is 0 Å². The van der Waals surface area contributed by atoms with Crippen LogP contribution in [-0.2, 0) is 12.7 Å². The van der Waals surface area contributed by atoms with E-state index in [0.29, 0.717) is 0 Å². The predicted molar refractivity (Wildman–Crippen MR) is 136 cm³/mol. The minimum Gasteiger partial charge on any atom is -0.468 e. The molecule has 0 unspecified atom stereocenters. The first-order chi connectivity index (χ1) is 17.5. The molecule has 1 fully saturated rings. The second-order valence-corrected chi connectivity index (χ2v) is 8.97. The van der Waals surface area contributed by atoms with E-state index in [1.54, 1.807) is 18.4 Å². The first-order valence-electron chi connectivity index (χ1n) is 12.0. The van der Waals surface area contributed by atoms with Crippen molar-refractivity contribution in [3.63, 3.8) is 0 Å². The fourth-order valence-electron chi connectivity index (χ4n) is 4.69. The smallest absolute Gasteiger partial charge is 0.418 e. The predicted octanol–water partition coefficient (Wildman–Crippen LogP) is 6.82. The fourth-order valence-corrected chi connectivity index (χ4v) is 4.69. The van der Waals surface area contributed by atoms with Gasteiger partial charge in [-0.2, -0.15) is 13.2 Å². The van der Waals surface area contributed by atoms with E-state index in [9.17, 15) is 13.2 Å². The number of halogens is 3. The van der Waals surface area contributed by atoms with Gasteiger partial charge in [-0.05, 0) is 41.5 Å². The van der Waals surface area contributed by atoms with Crippen molar-refractivity contribution < 1.29 is 17.6 Å². The van der Waals surface area contributed by atoms with Gasteiger partial charge in [0.05, 0.1) is 24.4 Å². The van der Waals surface area contributed by atoms with Crippen molar-refractivity contribution in [3.8, 4) is 0 Å². The Morgan fingerprint density at radius 3 is 1.97 bits per heavy atom. The van der Waals surface area contributed by atoms with E-state index in [-0.39, 0.29) is 5.69 Å². The second-order valence-electron chi connectivity index (χ2n) is 8.97. The normalized spacial score (nSPS) is 14.8. The first-order valence-corrected chi connectivity index (χ1v) is 12.0. The zero-order valence-electron chi connectivity index (χ0n) is 19.8. The summed E-state index contributed by atoms with van der Waals surface area (Å²) >= 11 is 0. The number of benzene rings is 3. The summed E-state index contributed by atoms with van der Waals surface area (Å²) in [6, 6.07) is 26.9. The Labute approximate surface area is 209 Å². The summed E-state index contributed by atoms with van der Waals surface area (Å²) in [5, 5.41) is 3.24. The van der Waals surface area contributed by atoms with Gasteiger partial charge in [0.15, 0.2) is 0 Å². The molecule has 1 aliphatic rings. The van der Waals surface area contributed by atoms with Gasteiger partial charge in [-0.1, -0.05) is 60.7 Å². The molecule has 0 saturated carbocycles. The van der Waals surface area contributed by atoms with Gasteiger partial charge in [0.25, 0.3) is 0 Å². The van der Waals surface area contributed by atoms with Crippen LogP contribution in [0, 0.1) is 0 Å². The molecule has 0 aliphatic carbocycles. The largest absolute Gasteiger partial charge is 0.468 e. The Hall–Kier alpha value is -3.71. The van der Waals surface area contributed by atoms with Crippen LogP contribution in [-0.4, -0.2) is 31.1 Å². The van der Waals surface area contributed by atoms with Crippen molar-refractivity contribution >= 4 is 11.4 Å². The third kappa shape index (κ3) is 5.57. The van der Waals surface area contributed by atoms with Crippen molar-refractivity contribution in [1.82, 2.24) is 4.90 Å². The van der Waals surface area contributed by atoms with E-state index in [0.717, 1.165) is 55.3 Å². The van der Waals surface area contributed by atoms with Crippen molar-refractivity contribution in [3.05, 3.63) is 120 Å². The van der Waals surface area contributed by atoms with E-state index in [1.165, 1.54) is 6.07 Å². The van der Waals surface area contributed by atoms with Crippen LogP contribution in [0.3, 0.4) is 0 Å². The lowest BCUT2D eigenvalue weighted by Gasteiger charge is -2.36. The van der Waals surface area contributed by atoms with E-state index < -0.39 is 17.8 Å². The summed E-state index contributed by atoms with van der Waals surface area (Å²) < 4.78 is 47.6. The van der Waals surface area contributed by atoms with Crippen molar-refractivity contribution in [2.24, 2.45) is 0 Å². The van der Waals surface area contributed by atoms with Gasteiger partial charge >= 0.3 is 6.18 Å². The number of hydrogen-bond acceptors (Lipinski definition) is 4. The van der Waals surface area contributed by atoms with Gasteiger partial charge in [-0.3, -0.25) is 4.90 Å². The molecule has 1 N–H and O–H groups in total. The molecular weight excluding hydrogens is 463 g/mol. The molecular formula is C29H28F3N3O. The summed E-state index contributed by atoms with van der Waals surface area (Å²) in [7, 11) is 0. The summed E-state index contributed by atoms with van der Waals surface area (Å²) in [6.45, 7) is 3.80. The Kier molecular flexibility index (Phi) is 7.00. The van der Waals surface area contributed by atoms with Gasteiger partial charge in [0.2, 0.25) is 0 Å². The van der Waals surface area contributed by atoms with Crippen LogP contribution in [0.2, 0.25) is 0 Å². The number of furan rings is 1. The van der Waals surface area contributed by atoms with E-state index in [4.69, 9.17) is 4.42 Å². The third-order valence-electron chi connectivity index (χ3n) is 6.57. The Morgan fingerprint density at radius 2 is 1.42 bits per heavy atom. The molecule has 0 amide bonds. The van der Waals surface area contributed by atoms with Crippen molar-refractivity contribution in [1.29, 1.82) is 0 Å². The summed E-state index contributed by atoms with van der Waals surface area (Å²) in [6.07, 6.45) is -2.80. The molecule has 1 saturated heterocycles. The number of hydrogen-bond donors (Lipinski definition) is 1. The molecule has 0 atom stereocenters. The minimum absolute atomic E-state index is 0.0794. The Balaban J connectivity index is 1.41. The lowest BCUT2D eigenvalue weighted by molar-refractivity contribution is -0.137. The van der Waals surface area contributed by atoms with Crippen LogP contribution >= 0.6 is 0 Å². The average molecular weight is 492 g/mol. The topological polar surface area (TPSA) is 31.6 Å². The maximum atomic E-state index is 14.0. The van der Waals surface area contributed by atoms with Gasteiger partial charge in [0.1, 0.15) is 5.76 Å². The molecule has 1 aromatic heterocycles. The molecule has 1 aliphatic heterocycles. The molecule has 36 heavy (non-hydrogen) atoms. The SMILES string of the molecule is FC(F)(F)c1ccc(N2CCN(Cc3ccco3)CC2)cc1NC(c1ccccc1)c1ccccc1. The number of alkyl halides is 3. The van der Waals surface area contributed by atoms with Gasteiger partial charge in [-0.25, -0.2) is 0 Å². The van der Waals surface area contributed by atoms with Crippen molar-refractivity contribution in [2.75, 3.05) is 36.4 Å². The molecule has 4 aromatic rings. The highest BCUT2D eigenvalue weighted by molar-refractivity contribution is 5.65. The maximum absolute atomic E-state index is 14.0. The lowest BCUT2D eigenvalue weighted by Crippen LogP contribution is -2.46. The molecule has 186 valence electrons. The quantitative estimate of drug-likeness (QED) is 0.307. The lowest BCUT2D eigenvalue weighted by atomic mass is 9.97. The zero-order chi connectivity index (χ0) is 25.0. The molecule has 2 heterocycles. The second kappa shape index (κ2) is 10.5. The highest BCUT2D eigenvalue weighted by Crippen LogP contribution is 2.39. The average Bonchev–Trinajstić information content (AvgIpc) is 3.41. The van der Waals surface area contributed by atoms with Crippen LogP contribution < -0.4 is 10.2 Å². The van der Waals surface area contributed by atoms with Gasteiger partial charge in [-0.15, -0.1) is 0 Å². The molecule has 3 aromatic carbocycles. The zero-order valence-corrected chi connectivity index (χ0v) is 19.8. The number of anilines is 2. The van der Waals surface area contributed by atoms with E-state index in [2.05, 4.69) is 15.1 Å². The third-order valence-corrected chi connectivity index (χ3v) is 6.57. The van der Waals surface area contributed by atoms with Gasteiger partial charge in [0, 0.05) is 37.6 Å². The number of piperazine rings is 1. The standard InChI is InChI=1S/C29H28F3N3O/c30-29(31,32)26-14-13-24(35-17-15-34(16-18-35)21-25-12-7-19-36-25)20-27(26)33-28(22-8-3-1-4-9-22)23-10-5-2-6-11-23/h1-14,19-20,28,33H,15-18,21H2. The molecule has 4 nitrogen and oxygen atoms in total. The molecule has 7 heteroatoms. The number of nitrogens with zero attached hydrogens (tertiary/aromatic N) is 2. The Bertz CT molecular complexity index is 1200. The van der Waals surface area contributed by atoms with Crippen LogP contribution in [0.15, 0.2) is 102 Å². The van der Waals surface area contributed by atoms with Crippen LogP contribution in [0.4, 0.5) is 24.5 Å². The number of rotatable bonds is 7. The van der Waals surface area contributed by atoms with Gasteiger partial charge < -0.3 is 14.6 Å². The first kappa shape index (κ1) is 24.0. The minimum atomic E-state index is -4.47. The maximum Gasteiger partial charge on any atom is 0.418 e. The molecule has 0 radical (unpaired) electrons. The summed E-state index contributed by atoms with van der Waals surface area (Å²) in [5.41, 5.74) is 1.99. The monoisotopic (exact) mass is 491 g/mol. The molecule has 0 bridgehead atoms. The van der Waals surface area contributed by atoms with Crippen molar-refractivity contribution in [2.45, 2.75) is 18.8 Å². The summed E-state index contributed by atoms with van der Waals surface area (Å²) in [5.74, 6) is 0.914. The fraction of sp³-hybridized carbons (Fsp3) is 0.241. The molecule has 0 spiro atoms. The summed E-state index contributed by atoms with van der Waals surface area (Å²) in [4.78, 5) is 4.43. The van der Waals surface area contributed by atoms with Crippen LogP contribution in [0.1, 0.15) is 28.5 Å². The van der Waals surface area contributed by atoms with E-state index in [1.807, 2.05) is 72.8 Å². The number of nitrogens with one attached hydrogen (secondary N) is 1. The van der Waals surface area contributed by atoms with Crippen LogP contribution in [0.5, 0.6) is 0 Å². The highest BCUT2D eigenvalue weighted by atomic mass is 19.4.